The fourth-order valence-corrected chi connectivity index (χ4v) is 7.13. The summed E-state index contributed by atoms with van der Waals surface area (Å²) in [7, 11) is -4.40. The molecular formula is C32H44N5O11P. The average Bonchev–Trinajstić information content (AvgIpc) is 3.33. The molecule has 3 heterocycles. The average molecular weight is 706 g/mol. The van der Waals surface area contributed by atoms with E-state index in [-0.39, 0.29) is 36.4 Å². The van der Waals surface area contributed by atoms with Crippen LogP contribution in [0.2, 0.25) is 0 Å². The van der Waals surface area contributed by atoms with Crippen LogP contribution in [-0.2, 0) is 47.2 Å². The summed E-state index contributed by atoms with van der Waals surface area (Å²) >= 11 is 0. The molecule has 3 aliphatic heterocycles. The Morgan fingerprint density at radius 1 is 1.20 bits per heavy atom. The number of hydrogen-bond acceptors (Lipinski definition) is 15. The van der Waals surface area contributed by atoms with Crippen molar-refractivity contribution in [1.29, 1.82) is 0 Å². The maximum Gasteiger partial charge on any atom is 0.459 e. The van der Waals surface area contributed by atoms with Crippen LogP contribution in [0.25, 0.3) is 0 Å². The van der Waals surface area contributed by atoms with Crippen molar-refractivity contribution in [3.8, 4) is 5.75 Å². The molecule has 0 bridgehead atoms. The van der Waals surface area contributed by atoms with E-state index >= 15 is 0 Å². The molecular weight excluding hydrogens is 661 g/mol. The van der Waals surface area contributed by atoms with Gasteiger partial charge in [0, 0.05) is 27.1 Å². The van der Waals surface area contributed by atoms with Crippen molar-refractivity contribution in [1.82, 2.24) is 10.1 Å². The zero-order chi connectivity index (χ0) is 35.8. The molecule has 0 amide bonds. The SMILES string of the molecule is C=C(N1N=CN=C(N)/C1=C/C)[C@@]1(OC(C)=O)CO[C@](C)(CO[P@@](=O)(N[C@@H](C)C(=O)OCC2CCOCC2)Oc2ccccc2)[C@H]1OC(C)=O. The Morgan fingerprint density at radius 2 is 1.90 bits per heavy atom. The molecule has 3 aliphatic rings. The van der Waals surface area contributed by atoms with Crippen LogP contribution in [0.3, 0.4) is 0 Å². The normalized spacial score (nSPS) is 26.7. The first-order valence-corrected chi connectivity index (χ1v) is 17.3. The Hall–Kier alpha value is -4.08. The van der Waals surface area contributed by atoms with Crippen LogP contribution in [0, 0.1) is 5.92 Å². The van der Waals surface area contributed by atoms with Gasteiger partial charge in [0.05, 0.1) is 25.5 Å². The summed E-state index contributed by atoms with van der Waals surface area (Å²) in [6.07, 6.45) is 2.91. The summed E-state index contributed by atoms with van der Waals surface area (Å²) in [6, 6.07) is 7.07. The van der Waals surface area contributed by atoms with Crippen molar-refractivity contribution < 1.29 is 51.7 Å². The molecule has 17 heteroatoms. The van der Waals surface area contributed by atoms with Gasteiger partial charge < -0.3 is 33.9 Å². The first kappa shape index (κ1) is 37.7. The monoisotopic (exact) mass is 705 g/mol. The molecule has 268 valence electrons. The van der Waals surface area contributed by atoms with Gasteiger partial charge in [0.25, 0.3) is 0 Å². The highest BCUT2D eigenvalue weighted by Crippen LogP contribution is 2.50. The van der Waals surface area contributed by atoms with E-state index in [0.717, 1.165) is 12.8 Å². The van der Waals surface area contributed by atoms with E-state index in [0.29, 0.717) is 18.9 Å². The van der Waals surface area contributed by atoms with Crippen LogP contribution in [0.4, 0.5) is 0 Å². The standard InChI is InChI=1S/C32H44N5O11P/c1-7-27-28(33)34-20-35-37(27)22(3)32(47-24(5)39)19-44-31(6,30(32)46-23(4)38)18-45-49(41,48-26-11-9-8-10-12-26)36-21(2)29(40)43-17-25-13-15-42-16-14-25/h7-12,20-21,25,30H,3,13-19H2,1-2,4-6H3,(H,36,41)(H2,33,34,35)/b27-7-/t21-,30+,31+,32-,49-/m0/s1. The smallest absolute Gasteiger partial charge is 0.459 e. The van der Waals surface area contributed by atoms with Crippen molar-refractivity contribution >= 4 is 37.8 Å². The summed E-state index contributed by atoms with van der Waals surface area (Å²) in [5.74, 6) is -1.72. The summed E-state index contributed by atoms with van der Waals surface area (Å²) in [4.78, 5) is 42.1. The van der Waals surface area contributed by atoms with E-state index in [2.05, 4.69) is 21.8 Å². The van der Waals surface area contributed by atoms with Gasteiger partial charge in [0.15, 0.2) is 11.9 Å². The van der Waals surface area contributed by atoms with Gasteiger partial charge in [0.1, 0.15) is 29.4 Å². The highest BCUT2D eigenvalue weighted by atomic mass is 31.2. The van der Waals surface area contributed by atoms with Crippen LogP contribution in [0.15, 0.2) is 64.5 Å². The van der Waals surface area contributed by atoms with Crippen LogP contribution in [-0.4, -0.2) is 91.5 Å². The number of nitrogens with one attached hydrogen (secondary N) is 1. The van der Waals surface area contributed by atoms with Crippen LogP contribution in [0.5, 0.6) is 5.75 Å². The zero-order valence-electron chi connectivity index (χ0n) is 28.3. The highest BCUT2D eigenvalue weighted by Gasteiger charge is 2.64. The number of amidine groups is 1. The summed E-state index contributed by atoms with van der Waals surface area (Å²) in [6.45, 7) is 11.6. The lowest BCUT2D eigenvalue weighted by Crippen LogP contribution is -2.58. The Morgan fingerprint density at radius 3 is 2.53 bits per heavy atom. The third kappa shape index (κ3) is 9.13. The molecule has 4 rings (SSSR count). The number of aliphatic imine (C=N–C) groups is 1. The number of para-hydroxylation sites is 1. The van der Waals surface area contributed by atoms with E-state index in [1.54, 1.807) is 43.3 Å². The Bertz CT molecular complexity index is 1530. The lowest BCUT2D eigenvalue weighted by Gasteiger charge is -2.41. The van der Waals surface area contributed by atoms with Crippen molar-refractivity contribution in [3.05, 3.63) is 54.4 Å². The molecule has 1 aromatic rings. The molecule has 0 spiro atoms. The molecule has 0 saturated carbocycles. The number of allylic oxidation sites excluding steroid dienone is 1. The number of carbonyl (C=O) groups is 3. The molecule has 0 radical (unpaired) electrons. The van der Waals surface area contributed by atoms with Crippen molar-refractivity contribution in [2.24, 2.45) is 21.7 Å². The van der Waals surface area contributed by atoms with E-state index in [4.69, 9.17) is 38.5 Å². The maximum absolute atomic E-state index is 14.4. The van der Waals surface area contributed by atoms with Gasteiger partial charge in [-0.2, -0.15) is 10.2 Å². The number of hydrazone groups is 1. The molecule has 2 fully saturated rings. The number of rotatable bonds is 14. The van der Waals surface area contributed by atoms with Crippen molar-refractivity contribution in [2.45, 2.75) is 70.8 Å². The number of benzene rings is 1. The number of nitrogens with zero attached hydrogens (tertiary/aromatic N) is 3. The number of esters is 3. The third-order valence-electron chi connectivity index (χ3n) is 8.07. The number of nitrogens with two attached hydrogens (primary N) is 1. The van der Waals surface area contributed by atoms with E-state index < -0.39 is 55.6 Å². The molecule has 0 aliphatic carbocycles. The minimum absolute atomic E-state index is 0.0302. The Kier molecular flexibility index (Phi) is 12.4. The van der Waals surface area contributed by atoms with E-state index in [1.165, 1.54) is 39.0 Å². The molecule has 0 aromatic heterocycles. The zero-order valence-corrected chi connectivity index (χ0v) is 29.2. The first-order valence-electron chi connectivity index (χ1n) is 15.8. The maximum atomic E-state index is 14.4. The fraction of sp³-hybridized carbons (Fsp3) is 0.531. The Labute approximate surface area is 285 Å². The molecule has 5 atom stereocenters. The second-order valence-electron chi connectivity index (χ2n) is 12.0. The molecule has 1 aromatic carbocycles. The first-order chi connectivity index (χ1) is 23.2. The van der Waals surface area contributed by atoms with Crippen molar-refractivity contribution in [3.63, 3.8) is 0 Å². The molecule has 3 N–H and O–H groups in total. The number of carbonyl (C=O) groups excluding carboxylic acids is 3. The minimum atomic E-state index is -4.40. The largest absolute Gasteiger partial charge is 0.464 e. The number of ether oxygens (including phenoxy) is 5. The molecule has 2 saturated heterocycles. The van der Waals surface area contributed by atoms with Gasteiger partial charge in [-0.05, 0) is 51.7 Å². The van der Waals surface area contributed by atoms with Gasteiger partial charge in [-0.3, -0.25) is 18.9 Å². The van der Waals surface area contributed by atoms with Crippen molar-refractivity contribution in [2.75, 3.05) is 33.0 Å². The summed E-state index contributed by atoms with van der Waals surface area (Å²) in [5, 5.41) is 8.20. The van der Waals surface area contributed by atoms with Gasteiger partial charge in [0.2, 0.25) is 5.60 Å². The minimum Gasteiger partial charge on any atom is -0.464 e. The lowest BCUT2D eigenvalue weighted by atomic mass is 9.85. The predicted octanol–water partition coefficient (Wildman–Crippen LogP) is 3.19. The van der Waals surface area contributed by atoms with Crippen LogP contribution < -0.4 is 15.3 Å². The summed E-state index contributed by atoms with van der Waals surface area (Å²) in [5.41, 5.74) is 2.94. The Balaban J connectivity index is 1.61. The third-order valence-corrected chi connectivity index (χ3v) is 9.70. The second kappa shape index (κ2) is 16.1. The number of hydrogen-bond donors (Lipinski definition) is 2. The van der Waals surface area contributed by atoms with Gasteiger partial charge in [-0.15, -0.1) is 0 Å². The quantitative estimate of drug-likeness (QED) is 0.162. The summed E-state index contributed by atoms with van der Waals surface area (Å²) < 4.78 is 54.8. The predicted molar refractivity (Wildman–Crippen MR) is 177 cm³/mol. The van der Waals surface area contributed by atoms with E-state index in [1.807, 2.05) is 0 Å². The van der Waals surface area contributed by atoms with Crippen LogP contribution >= 0.6 is 7.75 Å². The van der Waals surface area contributed by atoms with Gasteiger partial charge in [-0.1, -0.05) is 30.9 Å². The topological polar surface area (TPSA) is 199 Å². The molecule has 0 unspecified atom stereocenters. The second-order valence-corrected chi connectivity index (χ2v) is 13.7. The molecule has 49 heavy (non-hydrogen) atoms. The van der Waals surface area contributed by atoms with Gasteiger partial charge in [-0.25, -0.2) is 14.6 Å². The van der Waals surface area contributed by atoms with E-state index in [9.17, 15) is 18.9 Å². The van der Waals surface area contributed by atoms with Gasteiger partial charge >= 0.3 is 25.7 Å². The molecule has 16 nitrogen and oxygen atoms in total. The fourth-order valence-electron chi connectivity index (χ4n) is 5.55. The van der Waals surface area contributed by atoms with Crippen LogP contribution in [0.1, 0.15) is 47.5 Å². The lowest BCUT2D eigenvalue weighted by molar-refractivity contribution is -0.180. The highest BCUT2D eigenvalue weighted by molar-refractivity contribution is 7.52.